The number of aromatic nitrogens is 5. The Morgan fingerprint density at radius 3 is 2.64 bits per heavy atom. The Kier molecular flexibility index (Phi) is 8.06. The summed E-state index contributed by atoms with van der Waals surface area (Å²) < 4.78 is 27.1. The molecule has 1 saturated carbocycles. The smallest absolute Gasteiger partial charge is 0.320 e. The molecule has 0 spiro atoms. The van der Waals surface area contributed by atoms with Crippen molar-refractivity contribution in [1.29, 1.82) is 0 Å². The van der Waals surface area contributed by atoms with Crippen molar-refractivity contribution in [3.05, 3.63) is 78.1 Å². The summed E-state index contributed by atoms with van der Waals surface area (Å²) >= 11 is 0. The predicted octanol–water partition coefficient (Wildman–Crippen LogP) is 4.80. The zero-order valence-electron chi connectivity index (χ0n) is 23.5. The molecule has 3 N–H and O–H groups in total. The normalized spacial score (nSPS) is 19.9. The quantitative estimate of drug-likeness (QED) is 0.231. The number of carbonyl (C=O) groups excluding carboxylic acids is 1. The third-order valence-electron chi connectivity index (χ3n) is 7.45. The van der Waals surface area contributed by atoms with Crippen LogP contribution in [0.3, 0.4) is 0 Å². The molecule has 42 heavy (non-hydrogen) atoms. The first-order chi connectivity index (χ1) is 20.5. The van der Waals surface area contributed by atoms with Crippen LogP contribution in [-0.2, 0) is 9.47 Å². The lowest BCUT2D eigenvalue weighted by Gasteiger charge is -2.21. The number of nitrogens with zero attached hydrogens (tertiary/aromatic N) is 5. The maximum absolute atomic E-state index is 14.0. The predicted molar refractivity (Wildman–Crippen MR) is 155 cm³/mol. The molecule has 6 rings (SSSR count). The highest BCUT2D eigenvalue weighted by molar-refractivity contribution is 5.91. The number of halogens is 1. The van der Waals surface area contributed by atoms with E-state index in [1.54, 1.807) is 30.3 Å². The summed E-state index contributed by atoms with van der Waals surface area (Å²) in [4.78, 5) is 26.1. The van der Waals surface area contributed by atoms with Gasteiger partial charge in [0.05, 0.1) is 17.8 Å². The Bertz CT molecular complexity index is 1530. The van der Waals surface area contributed by atoms with E-state index in [9.17, 15) is 9.18 Å². The van der Waals surface area contributed by atoms with Crippen molar-refractivity contribution in [3.63, 3.8) is 0 Å². The largest absolute Gasteiger partial charge is 0.385 e. The molecule has 2 amide bonds. The highest BCUT2D eigenvalue weighted by Gasteiger charge is 2.37. The zero-order valence-corrected chi connectivity index (χ0v) is 23.5. The second kappa shape index (κ2) is 12.2. The molecular formula is C30H33FN8O3. The topological polar surface area (TPSA) is 128 Å². The minimum absolute atomic E-state index is 0.156. The molecule has 3 atom stereocenters. The maximum atomic E-state index is 14.0. The average Bonchev–Trinajstić information content (AvgIpc) is 3.64. The number of rotatable bonds is 10. The summed E-state index contributed by atoms with van der Waals surface area (Å²) in [6, 6.07) is 12.2. The van der Waals surface area contributed by atoms with Crippen LogP contribution in [0.15, 0.2) is 61.1 Å². The lowest BCUT2D eigenvalue weighted by atomic mass is 10.0. The number of benzene rings is 1. The van der Waals surface area contributed by atoms with Crippen LogP contribution < -0.4 is 16.0 Å². The van der Waals surface area contributed by atoms with Crippen LogP contribution >= 0.6 is 0 Å². The molecule has 1 aliphatic carbocycles. The Balaban J connectivity index is 1.25. The van der Waals surface area contributed by atoms with Gasteiger partial charge in [0, 0.05) is 49.5 Å². The monoisotopic (exact) mass is 572 g/mol. The Morgan fingerprint density at radius 1 is 1.14 bits per heavy atom. The molecular weight excluding hydrogens is 539 g/mol. The minimum atomic E-state index is -0.602. The van der Waals surface area contributed by atoms with Crippen molar-refractivity contribution in [2.45, 2.75) is 56.9 Å². The highest BCUT2D eigenvalue weighted by atomic mass is 19.1. The van der Waals surface area contributed by atoms with Crippen LogP contribution in [0.25, 0.3) is 16.9 Å². The lowest BCUT2D eigenvalue weighted by molar-refractivity contribution is 0.0210. The van der Waals surface area contributed by atoms with Gasteiger partial charge in [-0.3, -0.25) is 5.32 Å². The molecule has 1 saturated heterocycles. The fraction of sp³-hybridized carbons (Fsp3) is 0.367. The number of anilines is 2. The van der Waals surface area contributed by atoms with Gasteiger partial charge in [-0.25, -0.2) is 24.4 Å². The van der Waals surface area contributed by atoms with E-state index >= 15 is 0 Å². The van der Waals surface area contributed by atoms with Crippen molar-refractivity contribution in [2.75, 3.05) is 24.4 Å². The minimum Gasteiger partial charge on any atom is -0.385 e. The average molecular weight is 573 g/mol. The van der Waals surface area contributed by atoms with Crippen LogP contribution in [0.4, 0.5) is 21.0 Å². The Labute approximate surface area is 242 Å². The van der Waals surface area contributed by atoms with Crippen LogP contribution in [-0.4, -0.2) is 62.7 Å². The van der Waals surface area contributed by atoms with E-state index in [1.165, 1.54) is 12.3 Å². The molecule has 12 heteroatoms. The molecule has 0 bridgehead atoms. The van der Waals surface area contributed by atoms with E-state index in [-0.39, 0.29) is 6.10 Å². The van der Waals surface area contributed by atoms with E-state index in [0.29, 0.717) is 48.5 Å². The van der Waals surface area contributed by atoms with Gasteiger partial charge in [0.2, 0.25) is 11.9 Å². The Morgan fingerprint density at radius 2 is 1.93 bits per heavy atom. The number of para-hydroxylation sites is 1. The summed E-state index contributed by atoms with van der Waals surface area (Å²) in [5.41, 5.74) is 3.54. The summed E-state index contributed by atoms with van der Waals surface area (Å²) in [7, 11) is 1.63. The molecule has 2 aliphatic rings. The van der Waals surface area contributed by atoms with Crippen LogP contribution in [0.1, 0.15) is 42.9 Å². The van der Waals surface area contributed by atoms with Crippen molar-refractivity contribution >= 4 is 17.8 Å². The van der Waals surface area contributed by atoms with Gasteiger partial charge in [-0.15, -0.1) is 0 Å². The summed E-state index contributed by atoms with van der Waals surface area (Å²) in [6.07, 6.45) is 7.64. The van der Waals surface area contributed by atoms with Gasteiger partial charge in [0.1, 0.15) is 17.6 Å². The molecule has 3 aromatic heterocycles. The molecule has 4 aromatic rings. The molecule has 11 nitrogen and oxygen atoms in total. The van der Waals surface area contributed by atoms with Gasteiger partial charge < -0.3 is 20.1 Å². The molecule has 0 radical (unpaired) electrons. The number of nitrogens with one attached hydrogen (secondary N) is 3. The van der Waals surface area contributed by atoms with Gasteiger partial charge in [-0.05, 0) is 62.4 Å². The number of hydrogen-bond donors (Lipinski definition) is 3. The second-order valence-corrected chi connectivity index (χ2v) is 10.6. The maximum Gasteiger partial charge on any atom is 0.320 e. The van der Waals surface area contributed by atoms with Crippen molar-refractivity contribution in [1.82, 2.24) is 30.0 Å². The lowest BCUT2D eigenvalue weighted by Crippen LogP contribution is -2.40. The van der Waals surface area contributed by atoms with Crippen LogP contribution in [0, 0.1) is 12.9 Å². The summed E-state index contributed by atoms with van der Waals surface area (Å²) in [5.74, 6) is 0.496. The van der Waals surface area contributed by atoms with Gasteiger partial charge in [-0.1, -0.05) is 18.2 Å². The van der Waals surface area contributed by atoms with Crippen molar-refractivity contribution < 1.29 is 18.7 Å². The second-order valence-electron chi connectivity index (χ2n) is 10.6. The molecule has 4 heterocycles. The van der Waals surface area contributed by atoms with Crippen LogP contribution in [0.2, 0.25) is 0 Å². The van der Waals surface area contributed by atoms with Gasteiger partial charge in [-0.2, -0.15) is 9.49 Å². The van der Waals surface area contributed by atoms with Crippen molar-refractivity contribution in [3.8, 4) is 16.9 Å². The van der Waals surface area contributed by atoms with E-state index in [2.05, 4.69) is 30.9 Å². The number of urea groups is 1. The highest BCUT2D eigenvalue weighted by Crippen LogP contribution is 2.35. The first-order valence-electron chi connectivity index (χ1n) is 14.1. The fourth-order valence-corrected chi connectivity index (χ4v) is 5.16. The molecule has 2 fully saturated rings. The number of methoxy groups -OCH3 is 1. The number of amides is 2. The molecule has 1 aromatic carbocycles. The SMILES string of the molecule is COCC[C@@H]1C[C@@H](NC(=O)Nc2c(C)c(-c3cnc(NC4CC4)nc3)nn2-c2ccccc2)[C@H](c2ccnc(F)c2)O1. The third-order valence-corrected chi connectivity index (χ3v) is 7.45. The molecule has 1 aliphatic heterocycles. The molecule has 0 unspecified atom stereocenters. The van der Waals surface area contributed by atoms with E-state index in [0.717, 1.165) is 29.7 Å². The molecule has 218 valence electrons. The fourth-order valence-electron chi connectivity index (χ4n) is 5.16. The number of carbonyl (C=O) groups is 1. The number of pyridine rings is 1. The number of hydrogen-bond acceptors (Lipinski definition) is 8. The first kappa shape index (κ1) is 27.7. The number of ether oxygens (including phenoxy) is 2. The van der Waals surface area contributed by atoms with E-state index in [4.69, 9.17) is 14.6 Å². The third kappa shape index (κ3) is 6.24. The van der Waals surface area contributed by atoms with Crippen molar-refractivity contribution in [2.24, 2.45) is 0 Å². The zero-order chi connectivity index (χ0) is 29.1. The first-order valence-corrected chi connectivity index (χ1v) is 14.1. The van der Waals surface area contributed by atoms with Gasteiger partial charge >= 0.3 is 6.03 Å². The van der Waals surface area contributed by atoms with Gasteiger partial charge in [0.15, 0.2) is 0 Å². The van der Waals surface area contributed by atoms with E-state index in [1.807, 2.05) is 37.3 Å². The van der Waals surface area contributed by atoms with E-state index < -0.39 is 24.1 Å². The summed E-state index contributed by atoms with van der Waals surface area (Å²) in [5, 5.41) is 14.2. The Hall–Kier alpha value is -4.42. The van der Waals surface area contributed by atoms with Gasteiger partial charge in [0.25, 0.3) is 0 Å². The summed E-state index contributed by atoms with van der Waals surface area (Å²) in [6.45, 7) is 2.41. The van der Waals surface area contributed by atoms with Crippen LogP contribution in [0.5, 0.6) is 0 Å². The standard InChI is InChI=1S/C30H33FN8O3/c1-18-26(20-16-33-29(34-17-20)35-21-8-9-21)38-39(22-6-4-3-5-7-22)28(18)37-30(40)36-24-15-23(11-13-41-2)42-27(24)19-10-12-32-25(31)14-19/h3-7,10,12,14,16-17,21,23-24,27H,8-9,11,13,15H2,1-2H3,(H,33,34,35)(H2,36,37,40)/t23-,24-,27+/m1/s1.